The number of nitrogens with two attached hydrogens (primary N) is 1. The number of ketones is 1. The first-order valence-electron chi connectivity index (χ1n) is 5.00. The molecule has 0 bridgehead atoms. The molecule has 1 aromatic rings. The van der Waals surface area contributed by atoms with Gasteiger partial charge in [-0.3, -0.25) is 4.79 Å². The minimum absolute atomic E-state index is 0.360. The zero-order valence-corrected chi connectivity index (χ0v) is 9.62. The Balaban J connectivity index is 3.09. The van der Waals surface area contributed by atoms with E-state index in [1.54, 1.807) is 0 Å². The van der Waals surface area contributed by atoms with E-state index < -0.39 is 41.1 Å². The van der Waals surface area contributed by atoms with Crippen molar-refractivity contribution in [1.82, 2.24) is 0 Å². The summed E-state index contributed by atoms with van der Waals surface area (Å²) in [5.74, 6) is -2.41. The molecule has 104 valence electrons. The average molecular weight is 279 g/mol. The SMILES string of the molecule is CC(OC(N)=O)C(=O)c1ccc(F)c(C(F)(F)F)c1. The molecule has 1 amide bonds. The molecule has 0 aliphatic heterocycles. The fourth-order valence-electron chi connectivity index (χ4n) is 1.36. The molecule has 1 rings (SSSR count). The zero-order valence-electron chi connectivity index (χ0n) is 9.62. The monoisotopic (exact) mass is 279 g/mol. The van der Waals surface area contributed by atoms with Crippen LogP contribution in [0.3, 0.4) is 0 Å². The number of primary amides is 1. The maximum atomic E-state index is 13.0. The van der Waals surface area contributed by atoms with E-state index >= 15 is 0 Å². The lowest BCUT2D eigenvalue weighted by Gasteiger charge is -2.12. The fourth-order valence-corrected chi connectivity index (χ4v) is 1.36. The Labute approximate surface area is 105 Å². The third-order valence-electron chi connectivity index (χ3n) is 2.22. The number of hydrogen-bond donors (Lipinski definition) is 1. The van der Waals surface area contributed by atoms with Crippen LogP contribution in [0.2, 0.25) is 0 Å². The van der Waals surface area contributed by atoms with Crippen molar-refractivity contribution < 1.29 is 31.9 Å². The summed E-state index contributed by atoms with van der Waals surface area (Å²) in [6.07, 6.45) is -7.52. The summed E-state index contributed by atoms with van der Waals surface area (Å²) >= 11 is 0. The number of hydrogen-bond acceptors (Lipinski definition) is 3. The highest BCUT2D eigenvalue weighted by Gasteiger charge is 2.35. The molecule has 0 aliphatic carbocycles. The van der Waals surface area contributed by atoms with Gasteiger partial charge < -0.3 is 10.5 Å². The molecular weight excluding hydrogens is 270 g/mol. The van der Waals surface area contributed by atoms with Gasteiger partial charge in [-0.15, -0.1) is 0 Å². The number of Topliss-reactive ketones (excluding diaryl/α,β-unsaturated/α-hetero) is 1. The van der Waals surface area contributed by atoms with Gasteiger partial charge in [-0.1, -0.05) is 0 Å². The van der Waals surface area contributed by atoms with Gasteiger partial charge in [0.1, 0.15) is 5.82 Å². The molecule has 19 heavy (non-hydrogen) atoms. The highest BCUT2D eigenvalue weighted by atomic mass is 19.4. The standard InChI is InChI=1S/C11H9F4NO3/c1-5(19-10(16)18)9(17)6-2-3-8(12)7(4-6)11(13,14)15/h2-5H,1H3,(H2,16,18). The Hall–Kier alpha value is -2.12. The van der Waals surface area contributed by atoms with E-state index in [1.807, 2.05) is 0 Å². The Morgan fingerprint density at radius 1 is 1.32 bits per heavy atom. The first-order chi connectivity index (χ1) is 8.62. The maximum absolute atomic E-state index is 13.0. The molecule has 0 radical (unpaired) electrons. The molecule has 0 aromatic heterocycles. The van der Waals surface area contributed by atoms with E-state index in [-0.39, 0.29) is 0 Å². The molecule has 1 unspecified atom stereocenters. The van der Waals surface area contributed by atoms with Gasteiger partial charge in [0.25, 0.3) is 0 Å². The Morgan fingerprint density at radius 3 is 2.37 bits per heavy atom. The molecule has 8 heteroatoms. The van der Waals surface area contributed by atoms with Gasteiger partial charge in [-0.25, -0.2) is 9.18 Å². The molecule has 1 atom stereocenters. The molecule has 1 aromatic carbocycles. The highest BCUT2D eigenvalue weighted by molar-refractivity contribution is 6.00. The molecule has 2 N–H and O–H groups in total. The van der Waals surface area contributed by atoms with E-state index in [4.69, 9.17) is 0 Å². The summed E-state index contributed by atoms with van der Waals surface area (Å²) in [7, 11) is 0. The molecule has 0 fully saturated rings. The van der Waals surface area contributed by atoms with E-state index in [1.165, 1.54) is 0 Å². The first-order valence-corrected chi connectivity index (χ1v) is 5.00. The molecule has 0 aliphatic rings. The van der Waals surface area contributed by atoms with Gasteiger partial charge >= 0.3 is 12.3 Å². The second-order valence-corrected chi connectivity index (χ2v) is 3.64. The van der Waals surface area contributed by atoms with Crippen LogP contribution in [0.1, 0.15) is 22.8 Å². The van der Waals surface area contributed by atoms with E-state index in [0.29, 0.717) is 12.1 Å². The summed E-state index contributed by atoms with van der Waals surface area (Å²) < 4.78 is 54.7. The van der Waals surface area contributed by atoms with Crippen molar-refractivity contribution in [2.24, 2.45) is 5.73 Å². The summed E-state index contributed by atoms with van der Waals surface area (Å²) in [4.78, 5) is 22.1. The van der Waals surface area contributed by atoms with Gasteiger partial charge in [0.15, 0.2) is 6.10 Å². The Bertz CT molecular complexity index is 513. The highest BCUT2D eigenvalue weighted by Crippen LogP contribution is 2.32. The number of halogens is 4. The second kappa shape index (κ2) is 5.25. The second-order valence-electron chi connectivity index (χ2n) is 3.64. The van der Waals surface area contributed by atoms with Crippen LogP contribution in [0.15, 0.2) is 18.2 Å². The number of alkyl halides is 3. The number of carbonyl (C=O) groups is 2. The van der Waals surface area contributed by atoms with Gasteiger partial charge in [-0.2, -0.15) is 13.2 Å². The number of carbonyl (C=O) groups excluding carboxylic acids is 2. The van der Waals surface area contributed by atoms with Gasteiger partial charge in [0.05, 0.1) is 5.56 Å². The van der Waals surface area contributed by atoms with Crippen molar-refractivity contribution in [3.05, 3.63) is 35.1 Å². The largest absolute Gasteiger partial charge is 0.438 e. The third kappa shape index (κ3) is 3.67. The fraction of sp³-hybridized carbons (Fsp3) is 0.273. The summed E-state index contributed by atoms with van der Waals surface area (Å²) in [5.41, 5.74) is 2.69. The Kier molecular flexibility index (Phi) is 4.13. The number of rotatable bonds is 3. The van der Waals surface area contributed by atoms with Crippen LogP contribution in [0.4, 0.5) is 22.4 Å². The van der Waals surface area contributed by atoms with E-state index in [0.717, 1.165) is 13.0 Å². The van der Waals surface area contributed by atoms with Crippen molar-refractivity contribution in [2.45, 2.75) is 19.2 Å². The lowest BCUT2D eigenvalue weighted by molar-refractivity contribution is -0.140. The normalized spacial score (nSPS) is 12.9. The van der Waals surface area contributed by atoms with Gasteiger partial charge in [-0.05, 0) is 25.1 Å². The molecule has 4 nitrogen and oxygen atoms in total. The first kappa shape index (κ1) is 14.9. The number of benzene rings is 1. The topological polar surface area (TPSA) is 69.4 Å². The van der Waals surface area contributed by atoms with E-state index in [2.05, 4.69) is 10.5 Å². The van der Waals surface area contributed by atoms with Crippen LogP contribution in [-0.2, 0) is 10.9 Å². The molecule has 0 heterocycles. The average Bonchev–Trinajstić information content (AvgIpc) is 2.26. The van der Waals surface area contributed by atoms with Crippen LogP contribution in [-0.4, -0.2) is 18.0 Å². The van der Waals surface area contributed by atoms with Gasteiger partial charge in [0.2, 0.25) is 5.78 Å². The van der Waals surface area contributed by atoms with Crippen molar-refractivity contribution in [1.29, 1.82) is 0 Å². The molecule has 0 spiro atoms. The van der Waals surface area contributed by atoms with Crippen LogP contribution in [0.25, 0.3) is 0 Å². The predicted octanol–water partition coefficient (Wildman–Crippen LogP) is 2.51. The molecule has 0 saturated carbocycles. The van der Waals surface area contributed by atoms with Crippen molar-refractivity contribution >= 4 is 11.9 Å². The molecule has 0 saturated heterocycles. The van der Waals surface area contributed by atoms with Crippen LogP contribution >= 0.6 is 0 Å². The maximum Gasteiger partial charge on any atom is 0.419 e. The smallest absolute Gasteiger partial charge is 0.419 e. The van der Waals surface area contributed by atoms with Crippen molar-refractivity contribution in [3.63, 3.8) is 0 Å². The lowest BCUT2D eigenvalue weighted by Crippen LogP contribution is -2.27. The van der Waals surface area contributed by atoms with Crippen LogP contribution in [0, 0.1) is 5.82 Å². The van der Waals surface area contributed by atoms with Gasteiger partial charge in [0, 0.05) is 5.56 Å². The lowest BCUT2D eigenvalue weighted by atomic mass is 10.0. The molecular formula is C11H9F4NO3. The third-order valence-corrected chi connectivity index (χ3v) is 2.22. The predicted molar refractivity (Wildman–Crippen MR) is 55.9 cm³/mol. The van der Waals surface area contributed by atoms with Crippen molar-refractivity contribution in [2.75, 3.05) is 0 Å². The van der Waals surface area contributed by atoms with Crippen LogP contribution < -0.4 is 5.73 Å². The summed E-state index contributed by atoms with van der Waals surface area (Å²) in [5, 5.41) is 0. The minimum atomic E-state index is -4.92. The van der Waals surface area contributed by atoms with E-state index in [9.17, 15) is 27.2 Å². The van der Waals surface area contributed by atoms with Crippen molar-refractivity contribution in [3.8, 4) is 0 Å². The van der Waals surface area contributed by atoms with Crippen LogP contribution in [0.5, 0.6) is 0 Å². The summed E-state index contributed by atoms with van der Waals surface area (Å²) in [6, 6.07) is 1.75. The number of ether oxygens (including phenoxy) is 1. The quantitative estimate of drug-likeness (QED) is 0.682. The number of amides is 1. The minimum Gasteiger partial charge on any atom is -0.438 e. The zero-order chi connectivity index (χ0) is 14.8. The Morgan fingerprint density at radius 2 is 1.89 bits per heavy atom. The summed E-state index contributed by atoms with van der Waals surface area (Å²) in [6.45, 7) is 1.14.